The molecule has 8 nitrogen and oxygen atoms in total. The lowest BCUT2D eigenvalue weighted by molar-refractivity contribution is -0.221. The Bertz CT molecular complexity index is 507. The average Bonchev–Trinajstić information content (AvgIpc) is 2.48. The molecule has 0 radical (unpaired) electrons. The largest absolute Gasteiger partial charge is 0.478 e. The zero-order chi connectivity index (χ0) is 15.6. The molecule has 1 fully saturated rings. The monoisotopic (exact) mass is 299 g/mol. The van der Waals surface area contributed by atoms with Crippen molar-refractivity contribution in [1.82, 2.24) is 0 Å². The molecular formula is C13H17NO7. The molecule has 1 saturated heterocycles. The molecule has 1 aromatic rings. The van der Waals surface area contributed by atoms with Crippen LogP contribution >= 0.6 is 0 Å². The molecule has 1 aliphatic heterocycles. The molecule has 116 valence electrons. The quantitative estimate of drug-likeness (QED) is 0.399. The Labute approximate surface area is 120 Å². The minimum atomic E-state index is -1.52. The van der Waals surface area contributed by atoms with Gasteiger partial charge in [0.1, 0.15) is 24.4 Å². The van der Waals surface area contributed by atoms with E-state index in [4.69, 9.17) is 14.9 Å². The maximum atomic E-state index is 11.1. The van der Waals surface area contributed by atoms with Crippen LogP contribution in [0, 0.1) is 0 Å². The molecule has 1 aromatic carbocycles. The van der Waals surface area contributed by atoms with Crippen molar-refractivity contribution in [2.45, 2.75) is 30.6 Å². The summed E-state index contributed by atoms with van der Waals surface area (Å²) < 4.78 is 5.26. The summed E-state index contributed by atoms with van der Waals surface area (Å²) in [6.45, 7) is -0.552. The van der Waals surface area contributed by atoms with Crippen LogP contribution in [0.3, 0.4) is 0 Å². The van der Waals surface area contributed by atoms with Gasteiger partial charge in [-0.05, 0) is 12.1 Å². The van der Waals surface area contributed by atoms with E-state index in [0.717, 1.165) is 0 Å². The number of carboxylic acid groups (broad SMARTS) is 1. The van der Waals surface area contributed by atoms with Gasteiger partial charge in [-0.3, -0.25) is 0 Å². The van der Waals surface area contributed by atoms with Gasteiger partial charge in [0.15, 0.2) is 6.23 Å². The predicted molar refractivity (Wildman–Crippen MR) is 70.8 cm³/mol. The highest BCUT2D eigenvalue weighted by Crippen LogP contribution is 2.24. The van der Waals surface area contributed by atoms with Crippen molar-refractivity contribution in [3.05, 3.63) is 29.8 Å². The van der Waals surface area contributed by atoms with Crippen LogP contribution in [0.1, 0.15) is 10.4 Å². The molecule has 1 heterocycles. The van der Waals surface area contributed by atoms with E-state index in [0.29, 0.717) is 0 Å². The second-order valence-corrected chi connectivity index (χ2v) is 4.74. The van der Waals surface area contributed by atoms with Crippen molar-refractivity contribution in [1.29, 1.82) is 0 Å². The van der Waals surface area contributed by atoms with E-state index in [2.05, 4.69) is 5.32 Å². The van der Waals surface area contributed by atoms with E-state index in [9.17, 15) is 20.1 Å². The molecule has 0 aliphatic carbocycles. The molecule has 1 aliphatic rings. The van der Waals surface area contributed by atoms with Gasteiger partial charge in [0.2, 0.25) is 0 Å². The fraction of sp³-hybridized carbons (Fsp3) is 0.462. The molecule has 8 heteroatoms. The average molecular weight is 299 g/mol. The van der Waals surface area contributed by atoms with E-state index in [-0.39, 0.29) is 11.3 Å². The van der Waals surface area contributed by atoms with Gasteiger partial charge in [-0.15, -0.1) is 0 Å². The van der Waals surface area contributed by atoms with E-state index in [1.165, 1.54) is 12.1 Å². The Morgan fingerprint density at radius 3 is 2.43 bits per heavy atom. The van der Waals surface area contributed by atoms with E-state index in [1.807, 2.05) is 0 Å². The summed E-state index contributed by atoms with van der Waals surface area (Å²) in [5, 5.41) is 50.1. The van der Waals surface area contributed by atoms with Crippen molar-refractivity contribution in [3.63, 3.8) is 0 Å². The maximum Gasteiger partial charge on any atom is 0.337 e. The number of carboxylic acids is 1. The standard InChI is InChI=1S/C13H17NO7/c15-5-8-9(16)10(17)11(18)12(21-8)14-7-4-2-1-3-6(7)13(19)20/h1-4,8-12,14-18H,5H2,(H,19,20)/t8-,9-,10-,11-,12+/m1/s1. The zero-order valence-corrected chi connectivity index (χ0v) is 11.0. The smallest absolute Gasteiger partial charge is 0.337 e. The first kappa shape index (κ1) is 15.7. The first-order valence-electron chi connectivity index (χ1n) is 6.35. The van der Waals surface area contributed by atoms with Crippen LogP contribution < -0.4 is 5.32 Å². The summed E-state index contributed by atoms with van der Waals surface area (Å²) in [5.41, 5.74) is 0.156. The number of aliphatic hydroxyl groups excluding tert-OH is 4. The first-order valence-corrected chi connectivity index (χ1v) is 6.35. The molecule has 0 saturated carbocycles. The number of rotatable bonds is 4. The third-order valence-electron chi connectivity index (χ3n) is 3.35. The number of hydrogen-bond donors (Lipinski definition) is 6. The lowest BCUT2D eigenvalue weighted by atomic mass is 9.98. The summed E-state index contributed by atoms with van der Waals surface area (Å²) >= 11 is 0. The fourth-order valence-corrected chi connectivity index (χ4v) is 2.17. The Hall–Kier alpha value is -1.71. The van der Waals surface area contributed by atoms with Crippen molar-refractivity contribution < 1.29 is 35.1 Å². The number of benzene rings is 1. The number of aliphatic hydroxyl groups is 4. The van der Waals surface area contributed by atoms with Gasteiger partial charge in [-0.2, -0.15) is 0 Å². The lowest BCUT2D eigenvalue weighted by Crippen LogP contribution is -2.60. The number of aromatic carboxylic acids is 1. The second kappa shape index (κ2) is 6.37. The molecule has 2 rings (SSSR count). The normalized spacial score (nSPS) is 32.7. The minimum absolute atomic E-state index is 0.0329. The van der Waals surface area contributed by atoms with Crippen LogP contribution in [0.2, 0.25) is 0 Å². The summed E-state index contributed by atoms with van der Waals surface area (Å²) in [4.78, 5) is 11.1. The molecule has 0 aromatic heterocycles. The highest BCUT2D eigenvalue weighted by atomic mass is 16.6. The Balaban J connectivity index is 2.20. The van der Waals surface area contributed by atoms with Gasteiger partial charge in [0.05, 0.1) is 17.9 Å². The van der Waals surface area contributed by atoms with Crippen molar-refractivity contribution in [2.75, 3.05) is 11.9 Å². The van der Waals surface area contributed by atoms with Crippen LogP contribution in [0.5, 0.6) is 0 Å². The number of ether oxygens (including phenoxy) is 1. The van der Waals surface area contributed by atoms with Gasteiger partial charge in [-0.1, -0.05) is 12.1 Å². The topological polar surface area (TPSA) is 139 Å². The van der Waals surface area contributed by atoms with Crippen LogP contribution in [0.15, 0.2) is 24.3 Å². The van der Waals surface area contributed by atoms with Crippen LogP contribution in [0.4, 0.5) is 5.69 Å². The highest BCUT2D eigenvalue weighted by Gasteiger charge is 2.43. The molecule has 5 atom stereocenters. The molecule has 0 bridgehead atoms. The van der Waals surface area contributed by atoms with Crippen molar-refractivity contribution in [2.24, 2.45) is 0 Å². The van der Waals surface area contributed by atoms with Gasteiger partial charge in [0, 0.05) is 0 Å². The predicted octanol–water partition coefficient (Wildman–Crippen LogP) is -1.40. The van der Waals surface area contributed by atoms with Gasteiger partial charge < -0.3 is 35.6 Å². The summed E-state index contributed by atoms with van der Waals surface area (Å²) in [6.07, 6.45) is -6.69. The summed E-state index contributed by atoms with van der Waals surface area (Å²) in [7, 11) is 0. The van der Waals surface area contributed by atoms with Crippen LogP contribution in [0.25, 0.3) is 0 Å². The van der Waals surface area contributed by atoms with E-state index >= 15 is 0 Å². The molecule has 0 spiro atoms. The Morgan fingerprint density at radius 1 is 1.14 bits per heavy atom. The van der Waals surface area contributed by atoms with Gasteiger partial charge in [-0.25, -0.2) is 4.79 Å². The SMILES string of the molecule is O=C(O)c1ccccc1N[C@H]1O[C@H](CO)[C@@H](O)[C@@H](O)[C@H]1O. The highest BCUT2D eigenvalue weighted by molar-refractivity contribution is 5.94. The number of nitrogens with one attached hydrogen (secondary N) is 1. The second-order valence-electron chi connectivity index (χ2n) is 4.74. The zero-order valence-electron chi connectivity index (χ0n) is 11.0. The molecule has 0 unspecified atom stereocenters. The van der Waals surface area contributed by atoms with Crippen LogP contribution in [-0.4, -0.2) is 68.8 Å². The third-order valence-corrected chi connectivity index (χ3v) is 3.35. The summed E-state index contributed by atoms with van der Waals surface area (Å²) in [5.74, 6) is -1.16. The van der Waals surface area contributed by atoms with E-state index < -0.39 is 43.2 Å². The molecule has 6 N–H and O–H groups in total. The Kier molecular flexibility index (Phi) is 4.76. The molecular weight excluding hydrogens is 282 g/mol. The molecule has 21 heavy (non-hydrogen) atoms. The minimum Gasteiger partial charge on any atom is -0.478 e. The fourth-order valence-electron chi connectivity index (χ4n) is 2.17. The number of anilines is 1. The number of carbonyl (C=O) groups is 1. The van der Waals surface area contributed by atoms with Crippen LogP contribution in [-0.2, 0) is 4.74 Å². The third kappa shape index (κ3) is 3.14. The Morgan fingerprint density at radius 2 is 1.81 bits per heavy atom. The summed E-state index contributed by atoms with van der Waals surface area (Å²) in [6, 6.07) is 5.99. The number of hydrogen-bond acceptors (Lipinski definition) is 7. The van der Waals surface area contributed by atoms with Crippen molar-refractivity contribution >= 4 is 11.7 Å². The van der Waals surface area contributed by atoms with Crippen molar-refractivity contribution in [3.8, 4) is 0 Å². The van der Waals surface area contributed by atoms with E-state index in [1.54, 1.807) is 12.1 Å². The van der Waals surface area contributed by atoms with Gasteiger partial charge >= 0.3 is 5.97 Å². The number of para-hydroxylation sites is 1. The lowest BCUT2D eigenvalue weighted by Gasteiger charge is -2.40. The maximum absolute atomic E-state index is 11.1. The first-order chi connectivity index (χ1) is 9.95. The van der Waals surface area contributed by atoms with Gasteiger partial charge in [0.25, 0.3) is 0 Å². The molecule has 0 amide bonds.